The number of hydrogen-bond acceptors (Lipinski definition) is 3. The van der Waals surface area contributed by atoms with Crippen molar-refractivity contribution in [2.24, 2.45) is 5.92 Å². The van der Waals surface area contributed by atoms with E-state index in [0.29, 0.717) is 12.0 Å². The fraction of sp³-hybridized carbons (Fsp3) is 0.647. The van der Waals surface area contributed by atoms with Gasteiger partial charge >= 0.3 is 0 Å². The summed E-state index contributed by atoms with van der Waals surface area (Å²) in [5.74, 6) is 1.63. The summed E-state index contributed by atoms with van der Waals surface area (Å²) < 4.78 is 5.49. The number of methoxy groups -OCH3 is 1. The Morgan fingerprint density at radius 1 is 1.10 bits per heavy atom. The van der Waals surface area contributed by atoms with Crippen molar-refractivity contribution in [3.8, 4) is 5.75 Å². The molecule has 1 N–H and O–H groups in total. The van der Waals surface area contributed by atoms with Crippen LogP contribution in [0.25, 0.3) is 0 Å². The molecule has 0 amide bonds. The maximum Gasteiger partial charge on any atom is 0.123 e. The zero-order valence-electron chi connectivity index (χ0n) is 13.8. The molecule has 0 fully saturated rings. The molecule has 0 radical (unpaired) electrons. The highest BCUT2D eigenvalue weighted by Gasteiger charge is 2.20. The lowest BCUT2D eigenvalue weighted by Gasteiger charge is -2.32. The predicted molar refractivity (Wildman–Crippen MR) is 86.3 cm³/mol. The molecule has 3 heteroatoms. The van der Waals surface area contributed by atoms with Crippen LogP contribution in [0, 0.1) is 5.92 Å². The van der Waals surface area contributed by atoms with Crippen LogP contribution >= 0.6 is 0 Å². The van der Waals surface area contributed by atoms with Gasteiger partial charge in [-0.2, -0.15) is 0 Å². The van der Waals surface area contributed by atoms with Crippen LogP contribution in [0.2, 0.25) is 0 Å². The van der Waals surface area contributed by atoms with Gasteiger partial charge in [-0.15, -0.1) is 0 Å². The second kappa shape index (κ2) is 8.28. The number of hydrogen-bond donors (Lipinski definition) is 1. The molecule has 0 saturated carbocycles. The first kappa shape index (κ1) is 17.0. The SMILES string of the molecule is CNC(CN(CC(C)C)C(C)C)c1ccccc1OC. The van der Waals surface area contributed by atoms with Gasteiger partial charge in [0.2, 0.25) is 0 Å². The Balaban J connectivity index is 2.89. The number of ether oxygens (including phenoxy) is 1. The van der Waals surface area contributed by atoms with Crippen molar-refractivity contribution in [2.75, 3.05) is 27.2 Å². The number of nitrogens with zero attached hydrogens (tertiary/aromatic N) is 1. The van der Waals surface area contributed by atoms with Crippen molar-refractivity contribution in [1.29, 1.82) is 0 Å². The second-order valence-electron chi connectivity index (χ2n) is 6.02. The molecule has 0 aliphatic heterocycles. The number of para-hydroxylation sites is 1. The molecular weight excluding hydrogens is 248 g/mol. The van der Waals surface area contributed by atoms with Gasteiger partial charge in [0.25, 0.3) is 0 Å². The zero-order chi connectivity index (χ0) is 15.1. The Kier molecular flexibility index (Phi) is 7.03. The molecule has 1 aromatic carbocycles. The molecule has 1 atom stereocenters. The lowest BCUT2D eigenvalue weighted by molar-refractivity contribution is 0.178. The molecule has 0 aliphatic carbocycles. The summed E-state index contributed by atoms with van der Waals surface area (Å²) in [5.41, 5.74) is 1.23. The Bertz CT molecular complexity index is 390. The fourth-order valence-electron chi connectivity index (χ4n) is 2.50. The van der Waals surface area contributed by atoms with Crippen molar-refractivity contribution < 1.29 is 4.74 Å². The van der Waals surface area contributed by atoms with Crippen LogP contribution in [0.15, 0.2) is 24.3 Å². The Labute approximate surface area is 124 Å². The maximum atomic E-state index is 5.49. The first-order chi connectivity index (χ1) is 9.49. The third-order valence-electron chi connectivity index (χ3n) is 3.61. The van der Waals surface area contributed by atoms with Crippen LogP contribution in [-0.4, -0.2) is 38.2 Å². The van der Waals surface area contributed by atoms with Gasteiger partial charge in [0.15, 0.2) is 0 Å². The van der Waals surface area contributed by atoms with Gasteiger partial charge in [-0.25, -0.2) is 0 Å². The summed E-state index contributed by atoms with van der Waals surface area (Å²) in [6.45, 7) is 11.2. The smallest absolute Gasteiger partial charge is 0.123 e. The maximum absolute atomic E-state index is 5.49. The van der Waals surface area contributed by atoms with Crippen LogP contribution in [0.3, 0.4) is 0 Å². The summed E-state index contributed by atoms with van der Waals surface area (Å²) in [6, 6.07) is 9.10. The van der Waals surface area contributed by atoms with E-state index >= 15 is 0 Å². The summed E-state index contributed by atoms with van der Waals surface area (Å²) in [7, 11) is 3.75. The number of likely N-dealkylation sites (N-methyl/N-ethyl adjacent to an activating group) is 1. The molecular formula is C17H30N2O. The van der Waals surface area contributed by atoms with E-state index in [9.17, 15) is 0 Å². The molecule has 0 heterocycles. The van der Waals surface area contributed by atoms with E-state index in [1.165, 1.54) is 5.56 Å². The predicted octanol–water partition coefficient (Wildman–Crippen LogP) is 3.32. The van der Waals surface area contributed by atoms with Crippen LogP contribution in [0.4, 0.5) is 0 Å². The van der Waals surface area contributed by atoms with Crippen molar-refractivity contribution >= 4 is 0 Å². The highest BCUT2D eigenvalue weighted by atomic mass is 16.5. The van der Waals surface area contributed by atoms with Crippen LogP contribution in [0.1, 0.15) is 39.3 Å². The standard InChI is InChI=1S/C17H30N2O/c1-13(2)11-19(14(3)4)12-16(18-5)15-9-7-8-10-17(15)20-6/h7-10,13-14,16,18H,11-12H2,1-6H3. The van der Waals surface area contributed by atoms with Crippen molar-refractivity contribution in [3.63, 3.8) is 0 Å². The third kappa shape index (κ3) is 4.80. The quantitative estimate of drug-likeness (QED) is 0.789. The first-order valence-corrected chi connectivity index (χ1v) is 7.53. The molecule has 0 saturated heterocycles. The van der Waals surface area contributed by atoms with Gasteiger partial charge in [0.1, 0.15) is 5.75 Å². The molecule has 1 aromatic rings. The van der Waals surface area contributed by atoms with Gasteiger partial charge in [-0.05, 0) is 32.9 Å². The summed E-state index contributed by atoms with van der Waals surface area (Å²) in [5, 5.41) is 3.43. The van der Waals surface area contributed by atoms with E-state index in [0.717, 1.165) is 18.8 Å². The average molecular weight is 278 g/mol. The highest BCUT2D eigenvalue weighted by Crippen LogP contribution is 2.25. The largest absolute Gasteiger partial charge is 0.496 e. The van der Waals surface area contributed by atoms with Gasteiger partial charge in [0.05, 0.1) is 7.11 Å². The average Bonchev–Trinajstić information content (AvgIpc) is 2.42. The molecule has 1 rings (SSSR count). The monoisotopic (exact) mass is 278 g/mol. The van der Waals surface area contributed by atoms with E-state index in [2.05, 4.69) is 50.0 Å². The van der Waals surface area contributed by atoms with Crippen LogP contribution < -0.4 is 10.1 Å². The van der Waals surface area contributed by atoms with Crippen LogP contribution in [-0.2, 0) is 0 Å². The molecule has 0 spiro atoms. The summed E-state index contributed by atoms with van der Waals surface area (Å²) >= 11 is 0. The molecule has 3 nitrogen and oxygen atoms in total. The third-order valence-corrected chi connectivity index (χ3v) is 3.61. The zero-order valence-corrected chi connectivity index (χ0v) is 13.8. The summed E-state index contributed by atoms with van der Waals surface area (Å²) in [6.07, 6.45) is 0. The number of rotatable bonds is 8. The highest BCUT2D eigenvalue weighted by molar-refractivity contribution is 5.36. The van der Waals surface area contributed by atoms with E-state index in [1.54, 1.807) is 7.11 Å². The Hall–Kier alpha value is -1.06. The van der Waals surface area contributed by atoms with Gasteiger partial charge in [-0.3, -0.25) is 4.90 Å². The molecule has 0 aliphatic rings. The van der Waals surface area contributed by atoms with Crippen LogP contribution in [0.5, 0.6) is 5.75 Å². The van der Waals surface area contributed by atoms with Crippen molar-refractivity contribution in [3.05, 3.63) is 29.8 Å². The van der Waals surface area contributed by atoms with E-state index in [1.807, 2.05) is 19.2 Å². The minimum absolute atomic E-state index is 0.285. The van der Waals surface area contributed by atoms with Gasteiger partial charge < -0.3 is 10.1 Å². The Morgan fingerprint density at radius 3 is 2.25 bits per heavy atom. The van der Waals surface area contributed by atoms with Crippen molar-refractivity contribution in [1.82, 2.24) is 10.2 Å². The minimum atomic E-state index is 0.285. The molecule has 114 valence electrons. The number of nitrogens with one attached hydrogen (secondary N) is 1. The van der Waals surface area contributed by atoms with E-state index in [4.69, 9.17) is 4.74 Å². The lowest BCUT2D eigenvalue weighted by atomic mass is 10.0. The van der Waals surface area contributed by atoms with Crippen molar-refractivity contribution in [2.45, 2.75) is 39.8 Å². The topological polar surface area (TPSA) is 24.5 Å². The molecule has 0 bridgehead atoms. The number of benzene rings is 1. The van der Waals surface area contributed by atoms with E-state index in [-0.39, 0.29) is 6.04 Å². The lowest BCUT2D eigenvalue weighted by Crippen LogP contribution is -2.40. The normalized spacial score (nSPS) is 13.2. The Morgan fingerprint density at radius 2 is 1.75 bits per heavy atom. The first-order valence-electron chi connectivity index (χ1n) is 7.53. The molecule has 20 heavy (non-hydrogen) atoms. The van der Waals surface area contributed by atoms with E-state index < -0.39 is 0 Å². The minimum Gasteiger partial charge on any atom is -0.496 e. The second-order valence-corrected chi connectivity index (χ2v) is 6.02. The van der Waals surface area contributed by atoms with Gasteiger partial charge in [0, 0.05) is 30.7 Å². The van der Waals surface area contributed by atoms with Gasteiger partial charge in [-0.1, -0.05) is 32.0 Å². The summed E-state index contributed by atoms with van der Waals surface area (Å²) in [4.78, 5) is 2.53. The fourth-order valence-corrected chi connectivity index (χ4v) is 2.50. The molecule has 0 aromatic heterocycles. The molecule has 1 unspecified atom stereocenters.